The summed E-state index contributed by atoms with van der Waals surface area (Å²) in [5, 5.41) is 36.4. The fourth-order valence-corrected chi connectivity index (χ4v) is 2.93. The van der Waals surface area contributed by atoms with Crippen molar-refractivity contribution in [1.29, 1.82) is 0 Å². The Morgan fingerprint density at radius 1 is 1.29 bits per heavy atom. The summed E-state index contributed by atoms with van der Waals surface area (Å²) < 4.78 is 1.60. The largest absolute Gasteiger partial charge is 0.622 e. The Bertz CT molecular complexity index is 625. The number of hydrogen-bond acceptors (Lipinski definition) is 5. The first-order valence-electron chi connectivity index (χ1n) is 6.46. The van der Waals surface area contributed by atoms with E-state index in [0.717, 1.165) is 9.54 Å². The Morgan fingerprint density at radius 2 is 1.81 bits per heavy atom. The van der Waals surface area contributed by atoms with E-state index in [1.165, 1.54) is 13.8 Å². The van der Waals surface area contributed by atoms with Crippen LogP contribution in [0.5, 0.6) is 0 Å². The number of hydrogen-bond donors (Lipinski definition) is 2. The zero-order chi connectivity index (χ0) is 16.0. The maximum Gasteiger partial charge on any atom is 0.290 e. The number of nitrogens with zero attached hydrogens (tertiary/aromatic N) is 3. The van der Waals surface area contributed by atoms with Crippen LogP contribution in [0.3, 0.4) is 0 Å². The third kappa shape index (κ3) is 2.16. The van der Waals surface area contributed by atoms with Gasteiger partial charge in [0.1, 0.15) is 11.3 Å². The average Bonchev–Trinajstić information content (AvgIpc) is 2.58. The Balaban J connectivity index is 2.70. The van der Waals surface area contributed by atoms with Crippen LogP contribution in [0.15, 0.2) is 33.9 Å². The van der Waals surface area contributed by atoms with Gasteiger partial charge in [-0.05, 0) is 45.0 Å². The van der Waals surface area contributed by atoms with Gasteiger partial charge in [-0.3, -0.25) is 0 Å². The van der Waals surface area contributed by atoms with Crippen LogP contribution in [-0.4, -0.2) is 42.8 Å². The van der Waals surface area contributed by atoms with Crippen molar-refractivity contribution in [3.05, 3.63) is 39.5 Å². The summed E-state index contributed by atoms with van der Waals surface area (Å²) in [6.45, 7) is 6.49. The molecule has 1 atom stereocenters. The Morgan fingerprint density at radius 3 is 2.29 bits per heavy atom. The van der Waals surface area contributed by atoms with Gasteiger partial charge >= 0.3 is 0 Å². The van der Waals surface area contributed by atoms with E-state index in [9.17, 15) is 10.4 Å². The molecule has 7 heteroatoms. The molecule has 2 N–H and O–H groups in total. The number of hydroxylamine groups is 3. The van der Waals surface area contributed by atoms with Gasteiger partial charge in [-0.1, -0.05) is 21.1 Å². The van der Waals surface area contributed by atoms with E-state index in [1.54, 1.807) is 26.0 Å². The molecule has 0 saturated heterocycles. The van der Waals surface area contributed by atoms with Gasteiger partial charge in [0.05, 0.1) is 0 Å². The van der Waals surface area contributed by atoms with Crippen LogP contribution >= 0.6 is 15.9 Å². The molecule has 114 valence electrons. The van der Waals surface area contributed by atoms with E-state index < -0.39 is 11.2 Å². The van der Waals surface area contributed by atoms with Crippen molar-refractivity contribution in [2.45, 2.75) is 38.9 Å². The number of oxime groups is 1. The van der Waals surface area contributed by atoms with E-state index in [-0.39, 0.29) is 5.71 Å². The average molecular weight is 356 g/mol. The van der Waals surface area contributed by atoms with Gasteiger partial charge in [0.15, 0.2) is 0 Å². The van der Waals surface area contributed by atoms with Crippen molar-refractivity contribution < 1.29 is 15.2 Å². The fraction of sp³-hybridized carbons (Fsp3) is 0.429. The van der Waals surface area contributed by atoms with E-state index in [1.807, 2.05) is 12.1 Å². The smallest absolute Gasteiger partial charge is 0.290 e. The zero-order valence-electron chi connectivity index (χ0n) is 12.3. The van der Waals surface area contributed by atoms with E-state index in [2.05, 4.69) is 21.1 Å². The molecule has 1 heterocycles. The summed E-state index contributed by atoms with van der Waals surface area (Å²) in [6, 6.07) is 7.27. The molecule has 0 aromatic heterocycles. The van der Waals surface area contributed by atoms with Crippen molar-refractivity contribution in [3.8, 4) is 0 Å². The van der Waals surface area contributed by atoms with Gasteiger partial charge in [0.2, 0.25) is 5.71 Å². The van der Waals surface area contributed by atoms with Gasteiger partial charge in [-0.25, -0.2) is 0 Å². The second-order valence-electron chi connectivity index (χ2n) is 5.73. The molecule has 21 heavy (non-hydrogen) atoms. The van der Waals surface area contributed by atoms with Crippen LogP contribution < -0.4 is 0 Å². The van der Waals surface area contributed by atoms with Gasteiger partial charge in [0, 0.05) is 17.0 Å². The van der Waals surface area contributed by atoms with Crippen molar-refractivity contribution in [1.82, 2.24) is 5.06 Å². The molecule has 0 radical (unpaired) electrons. The van der Waals surface area contributed by atoms with Crippen LogP contribution in [0.1, 0.15) is 33.3 Å². The molecule has 2 rings (SSSR count). The lowest BCUT2D eigenvalue weighted by Gasteiger charge is -2.32. The van der Waals surface area contributed by atoms with Crippen molar-refractivity contribution in [3.63, 3.8) is 0 Å². The second kappa shape index (κ2) is 5.08. The molecule has 0 bridgehead atoms. The second-order valence-corrected chi connectivity index (χ2v) is 6.64. The van der Waals surface area contributed by atoms with Crippen molar-refractivity contribution in [2.75, 3.05) is 0 Å². The number of halogens is 1. The highest BCUT2D eigenvalue weighted by Crippen LogP contribution is 2.36. The molecule has 0 unspecified atom stereocenters. The highest BCUT2D eigenvalue weighted by atomic mass is 79.9. The number of rotatable bonds is 2. The van der Waals surface area contributed by atoms with Crippen LogP contribution in [0, 0.1) is 5.21 Å². The van der Waals surface area contributed by atoms with E-state index >= 15 is 0 Å². The zero-order valence-corrected chi connectivity index (χ0v) is 13.9. The van der Waals surface area contributed by atoms with Crippen molar-refractivity contribution >= 4 is 27.4 Å². The van der Waals surface area contributed by atoms with Gasteiger partial charge in [0.25, 0.3) is 5.66 Å². The Labute approximate surface area is 131 Å². The fourth-order valence-electron chi connectivity index (χ4n) is 2.67. The molecule has 1 aliphatic rings. The lowest BCUT2D eigenvalue weighted by molar-refractivity contribution is -0.560. The maximum absolute atomic E-state index is 12.8. The van der Waals surface area contributed by atoms with Gasteiger partial charge in [-0.2, -0.15) is 4.74 Å². The van der Waals surface area contributed by atoms with Crippen LogP contribution in [0.2, 0.25) is 0 Å². The normalized spacial score (nSPS) is 26.5. The quantitative estimate of drug-likeness (QED) is 0.281. The molecule has 1 aromatic carbocycles. The maximum atomic E-state index is 12.8. The molecular formula is C14H18BrN3O3. The molecule has 0 fully saturated rings. The minimum absolute atomic E-state index is 0.111. The molecule has 0 amide bonds. The monoisotopic (exact) mass is 355 g/mol. The molecule has 0 saturated carbocycles. The highest BCUT2D eigenvalue weighted by Gasteiger charge is 2.61. The first-order valence-corrected chi connectivity index (χ1v) is 7.25. The Kier molecular flexibility index (Phi) is 3.86. The molecule has 1 aliphatic heterocycles. The Hall–Kier alpha value is -1.44. The van der Waals surface area contributed by atoms with Gasteiger partial charge in [-0.15, -0.1) is 5.06 Å². The number of benzene rings is 1. The third-order valence-corrected chi connectivity index (χ3v) is 4.60. The predicted molar refractivity (Wildman–Crippen MR) is 82.9 cm³/mol. The lowest BCUT2D eigenvalue weighted by Crippen LogP contribution is -2.57. The molecule has 6 nitrogen and oxygen atoms in total. The first-order chi connectivity index (χ1) is 9.67. The summed E-state index contributed by atoms with van der Waals surface area (Å²) in [5.41, 5.74) is -1.17. The minimum atomic E-state index is -1.46. The molecule has 0 spiro atoms. The summed E-state index contributed by atoms with van der Waals surface area (Å²) in [6.07, 6.45) is 0. The summed E-state index contributed by atoms with van der Waals surface area (Å²) in [5.74, 6) is 0. The lowest BCUT2D eigenvalue weighted by atomic mass is 9.92. The van der Waals surface area contributed by atoms with Crippen LogP contribution in [0.25, 0.3) is 0 Å². The summed E-state index contributed by atoms with van der Waals surface area (Å²) in [4.78, 5) is 0. The minimum Gasteiger partial charge on any atom is -0.622 e. The summed E-state index contributed by atoms with van der Waals surface area (Å²) in [7, 11) is 0. The van der Waals surface area contributed by atoms with E-state index in [4.69, 9.17) is 5.21 Å². The first kappa shape index (κ1) is 15.9. The third-order valence-electron chi connectivity index (χ3n) is 4.07. The SMILES string of the molecule is C/C(=N/O)[C@]1(C)N(O)C(C)(C)C(c2ccc(Br)cc2)=[N+]1[O-]. The highest BCUT2D eigenvalue weighted by molar-refractivity contribution is 9.10. The predicted octanol–water partition coefficient (Wildman–Crippen LogP) is 2.80. The van der Waals surface area contributed by atoms with Crippen molar-refractivity contribution in [2.24, 2.45) is 5.16 Å². The summed E-state index contributed by atoms with van der Waals surface area (Å²) >= 11 is 3.35. The van der Waals surface area contributed by atoms with Gasteiger partial charge < -0.3 is 15.6 Å². The molecule has 0 aliphatic carbocycles. The molecular weight excluding hydrogens is 338 g/mol. The van der Waals surface area contributed by atoms with E-state index in [0.29, 0.717) is 16.0 Å². The standard InChI is InChI=1S/C14H18BrN3O3/c1-9(16-19)14(4)17(20)12(13(2,3)18(14)21)10-5-7-11(15)8-6-10/h5-8,19,21H,1-4H3/b16-9-/t14-/m0/s1. The molecule has 1 aromatic rings. The van der Waals surface area contributed by atoms with Crippen LogP contribution in [0.4, 0.5) is 0 Å². The van der Waals surface area contributed by atoms with Crippen LogP contribution in [-0.2, 0) is 0 Å². The topological polar surface area (TPSA) is 82.1 Å².